The molecule has 0 bridgehead atoms. The molecular weight excluding hydrogens is 310 g/mol. The van der Waals surface area contributed by atoms with E-state index in [2.05, 4.69) is 15.2 Å². The van der Waals surface area contributed by atoms with Crippen molar-refractivity contribution in [3.63, 3.8) is 0 Å². The summed E-state index contributed by atoms with van der Waals surface area (Å²) in [4.78, 5) is 18.9. The van der Waals surface area contributed by atoms with Crippen molar-refractivity contribution in [2.45, 2.75) is 25.7 Å². The van der Waals surface area contributed by atoms with Gasteiger partial charge in [0.15, 0.2) is 0 Å². The van der Waals surface area contributed by atoms with E-state index in [4.69, 9.17) is 11.6 Å². The number of hydrogen-bond acceptors (Lipinski definition) is 3. The molecular formula is C18H20ClN3O. The lowest BCUT2D eigenvalue weighted by atomic mass is 10.2. The SMILES string of the molecule is O=C(Nc1ccc(N2CCCCCC2)cn1)c1ccccc1Cl. The second kappa shape index (κ2) is 7.47. The Labute approximate surface area is 141 Å². The molecule has 1 amide bonds. The lowest BCUT2D eigenvalue weighted by molar-refractivity contribution is 0.102. The first-order chi connectivity index (χ1) is 11.2. The summed E-state index contributed by atoms with van der Waals surface area (Å²) < 4.78 is 0. The third kappa shape index (κ3) is 4.02. The molecule has 1 aromatic heterocycles. The Morgan fingerprint density at radius 1 is 1.04 bits per heavy atom. The Morgan fingerprint density at radius 3 is 2.43 bits per heavy atom. The van der Waals surface area contributed by atoms with Crippen molar-refractivity contribution in [2.75, 3.05) is 23.3 Å². The van der Waals surface area contributed by atoms with Gasteiger partial charge in [-0.25, -0.2) is 4.98 Å². The molecule has 0 atom stereocenters. The zero-order chi connectivity index (χ0) is 16.1. The van der Waals surface area contributed by atoms with Gasteiger partial charge in [-0.3, -0.25) is 4.79 Å². The number of nitrogens with one attached hydrogen (secondary N) is 1. The first-order valence-electron chi connectivity index (χ1n) is 8.01. The van der Waals surface area contributed by atoms with Crippen LogP contribution < -0.4 is 10.2 Å². The Kier molecular flexibility index (Phi) is 5.13. The maximum atomic E-state index is 12.2. The fourth-order valence-corrected chi connectivity index (χ4v) is 3.03. The van der Waals surface area contributed by atoms with Crippen LogP contribution in [0.4, 0.5) is 11.5 Å². The summed E-state index contributed by atoms with van der Waals surface area (Å²) in [6.45, 7) is 2.15. The highest BCUT2D eigenvalue weighted by atomic mass is 35.5. The standard InChI is InChI=1S/C18H20ClN3O/c19-16-8-4-3-7-15(16)18(23)21-17-10-9-14(13-20-17)22-11-5-1-2-6-12-22/h3-4,7-10,13H,1-2,5-6,11-12H2,(H,20,21,23). The average molecular weight is 330 g/mol. The average Bonchev–Trinajstić information content (AvgIpc) is 2.85. The van der Waals surface area contributed by atoms with Gasteiger partial charge in [0.1, 0.15) is 5.82 Å². The summed E-state index contributed by atoms with van der Waals surface area (Å²) in [7, 11) is 0. The Hall–Kier alpha value is -2.07. The molecule has 4 nitrogen and oxygen atoms in total. The summed E-state index contributed by atoms with van der Waals surface area (Å²) in [5.74, 6) is 0.291. The van der Waals surface area contributed by atoms with E-state index in [0.717, 1.165) is 18.8 Å². The van der Waals surface area contributed by atoms with E-state index in [1.807, 2.05) is 18.3 Å². The van der Waals surface area contributed by atoms with Crippen LogP contribution in [-0.4, -0.2) is 24.0 Å². The minimum atomic E-state index is -0.245. The number of rotatable bonds is 3. The molecule has 1 aromatic carbocycles. The van der Waals surface area contributed by atoms with E-state index in [0.29, 0.717) is 16.4 Å². The first kappa shape index (κ1) is 15.8. The number of anilines is 2. The Balaban J connectivity index is 1.67. The van der Waals surface area contributed by atoms with Crippen molar-refractivity contribution in [2.24, 2.45) is 0 Å². The number of pyridine rings is 1. The molecule has 0 unspecified atom stereocenters. The molecule has 1 aliphatic rings. The summed E-state index contributed by atoms with van der Waals surface area (Å²) in [6, 6.07) is 10.8. The number of carbonyl (C=O) groups is 1. The van der Waals surface area contributed by atoms with Crippen LogP contribution in [0.25, 0.3) is 0 Å². The van der Waals surface area contributed by atoms with Gasteiger partial charge in [0, 0.05) is 13.1 Å². The molecule has 120 valence electrons. The van der Waals surface area contributed by atoms with Crippen molar-refractivity contribution in [1.82, 2.24) is 4.98 Å². The van der Waals surface area contributed by atoms with E-state index in [1.54, 1.807) is 24.3 Å². The highest BCUT2D eigenvalue weighted by molar-refractivity contribution is 6.34. The zero-order valence-electron chi connectivity index (χ0n) is 13.0. The molecule has 1 fully saturated rings. The van der Waals surface area contributed by atoms with Gasteiger partial charge >= 0.3 is 0 Å². The van der Waals surface area contributed by atoms with Crippen molar-refractivity contribution in [3.05, 3.63) is 53.2 Å². The van der Waals surface area contributed by atoms with E-state index >= 15 is 0 Å². The van der Waals surface area contributed by atoms with E-state index in [1.165, 1.54) is 25.7 Å². The third-order valence-corrected chi connectivity index (χ3v) is 4.41. The maximum Gasteiger partial charge on any atom is 0.258 e. The van der Waals surface area contributed by atoms with Crippen LogP contribution in [0.15, 0.2) is 42.6 Å². The Morgan fingerprint density at radius 2 is 1.78 bits per heavy atom. The van der Waals surface area contributed by atoms with Crippen LogP contribution in [-0.2, 0) is 0 Å². The molecule has 0 aliphatic carbocycles. The van der Waals surface area contributed by atoms with Crippen LogP contribution in [0.3, 0.4) is 0 Å². The van der Waals surface area contributed by atoms with Gasteiger partial charge in [-0.15, -0.1) is 0 Å². The third-order valence-electron chi connectivity index (χ3n) is 4.08. The smallest absolute Gasteiger partial charge is 0.258 e. The highest BCUT2D eigenvalue weighted by Gasteiger charge is 2.12. The number of benzene rings is 1. The minimum Gasteiger partial charge on any atom is -0.370 e. The number of aromatic nitrogens is 1. The lowest BCUT2D eigenvalue weighted by Crippen LogP contribution is -2.24. The van der Waals surface area contributed by atoms with Gasteiger partial charge in [0.05, 0.1) is 22.5 Å². The molecule has 1 saturated heterocycles. The molecule has 2 heterocycles. The topological polar surface area (TPSA) is 45.2 Å². The monoisotopic (exact) mass is 329 g/mol. The fourth-order valence-electron chi connectivity index (χ4n) is 2.80. The zero-order valence-corrected chi connectivity index (χ0v) is 13.7. The quantitative estimate of drug-likeness (QED) is 0.909. The van der Waals surface area contributed by atoms with Gasteiger partial charge < -0.3 is 10.2 Å². The second-order valence-electron chi connectivity index (χ2n) is 5.74. The number of nitrogens with zero attached hydrogens (tertiary/aromatic N) is 2. The van der Waals surface area contributed by atoms with Gasteiger partial charge in [-0.2, -0.15) is 0 Å². The second-order valence-corrected chi connectivity index (χ2v) is 6.14. The molecule has 0 radical (unpaired) electrons. The molecule has 23 heavy (non-hydrogen) atoms. The normalized spacial score (nSPS) is 15.1. The van der Waals surface area contributed by atoms with Gasteiger partial charge in [0.25, 0.3) is 5.91 Å². The summed E-state index contributed by atoms with van der Waals surface area (Å²) >= 11 is 6.04. The number of hydrogen-bond donors (Lipinski definition) is 1. The lowest BCUT2D eigenvalue weighted by Gasteiger charge is -2.22. The first-order valence-corrected chi connectivity index (χ1v) is 8.39. The molecule has 3 rings (SSSR count). The predicted octanol–water partition coefficient (Wildman–Crippen LogP) is 4.37. The highest BCUT2D eigenvalue weighted by Crippen LogP contribution is 2.21. The molecule has 1 N–H and O–H groups in total. The van der Waals surface area contributed by atoms with Gasteiger partial charge in [-0.1, -0.05) is 36.6 Å². The molecule has 0 spiro atoms. The van der Waals surface area contributed by atoms with Crippen LogP contribution in [0.2, 0.25) is 5.02 Å². The van der Waals surface area contributed by atoms with Crippen LogP contribution in [0, 0.1) is 0 Å². The molecule has 5 heteroatoms. The van der Waals surface area contributed by atoms with Crippen molar-refractivity contribution < 1.29 is 4.79 Å². The minimum absolute atomic E-state index is 0.245. The van der Waals surface area contributed by atoms with Crippen LogP contribution >= 0.6 is 11.6 Å². The van der Waals surface area contributed by atoms with Crippen molar-refractivity contribution in [3.8, 4) is 0 Å². The summed E-state index contributed by atoms with van der Waals surface area (Å²) in [5.41, 5.74) is 1.57. The molecule has 2 aromatic rings. The van der Waals surface area contributed by atoms with Crippen LogP contribution in [0.5, 0.6) is 0 Å². The fraction of sp³-hybridized carbons (Fsp3) is 0.333. The molecule has 1 aliphatic heterocycles. The van der Waals surface area contributed by atoms with E-state index in [-0.39, 0.29) is 5.91 Å². The van der Waals surface area contributed by atoms with Crippen molar-refractivity contribution >= 4 is 29.0 Å². The summed E-state index contributed by atoms with van der Waals surface area (Å²) in [5, 5.41) is 3.22. The van der Waals surface area contributed by atoms with Gasteiger partial charge in [-0.05, 0) is 37.1 Å². The van der Waals surface area contributed by atoms with E-state index < -0.39 is 0 Å². The number of halogens is 1. The van der Waals surface area contributed by atoms with Crippen LogP contribution in [0.1, 0.15) is 36.0 Å². The summed E-state index contributed by atoms with van der Waals surface area (Å²) in [6.07, 6.45) is 6.88. The number of amides is 1. The Bertz CT molecular complexity index is 664. The number of carbonyl (C=O) groups excluding carboxylic acids is 1. The van der Waals surface area contributed by atoms with Crippen molar-refractivity contribution in [1.29, 1.82) is 0 Å². The predicted molar refractivity (Wildman–Crippen MR) is 94.3 cm³/mol. The maximum absolute atomic E-state index is 12.2. The largest absolute Gasteiger partial charge is 0.370 e. The van der Waals surface area contributed by atoms with Gasteiger partial charge in [0.2, 0.25) is 0 Å². The molecule has 0 saturated carbocycles. The van der Waals surface area contributed by atoms with E-state index in [9.17, 15) is 4.79 Å².